The zero-order valence-electron chi connectivity index (χ0n) is 16.3. The second kappa shape index (κ2) is 8.65. The molecule has 0 bridgehead atoms. The third-order valence-electron chi connectivity index (χ3n) is 4.55. The lowest BCUT2D eigenvalue weighted by atomic mass is 10.2. The molecule has 0 unspecified atom stereocenters. The van der Waals surface area contributed by atoms with Crippen molar-refractivity contribution in [1.82, 2.24) is 19.8 Å². The first-order valence-corrected chi connectivity index (χ1v) is 9.32. The standard InChI is InChI=1S/C21H23F3N4O/c1-15-26-18-13-16(9-10-19(18)28(15)17-7-4-3-5-8-17)20(29)25-11-6-12-27(2)14-21(22,23)24/h3-5,7-10,13H,6,11-12,14H2,1-2H3,(H,25,29). The van der Waals surface area contributed by atoms with Gasteiger partial charge in [-0.2, -0.15) is 13.2 Å². The number of amides is 1. The Bertz CT molecular complexity index is 983. The van der Waals surface area contributed by atoms with Gasteiger partial charge in [0.25, 0.3) is 5.91 Å². The number of halogens is 3. The Labute approximate surface area is 167 Å². The van der Waals surface area contributed by atoms with Crippen LogP contribution in [0.25, 0.3) is 16.7 Å². The van der Waals surface area contributed by atoms with Crippen LogP contribution in [0.2, 0.25) is 0 Å². The van der Waals surface area contributed by atoms with Gasteiger partial charge in [0.2, 0.25) is 0 Å². The Balaban J connectivity index is 1.63. The lowest BCUT2D eigenvalue weighted by Crippen LogP contribution is -2.33. The Kier molecular flexibility index (Phi) is 6.22. The molecule has 0 radical (unpaired) electrons. The van der Waals surface area contributed by atoms with Gasteiger partial charge in [0.1, 0.15) is 5.82 Å². The lowest BCUT2D eigenvalue weighted by Gasteiger charge is -2.18. The number of benzene rings is 2. The predicted molar refractivity (Wildman–Crippen MR) is 106 cm³/mol. The molecule has 3 rings (SSSR count). The molecular weight excluding hydrogens is 381 g/mol. The van der Waals surface area contributed by atoms with Crippen molar-refractivity contribution in [2.75, 3.05) is 26.7 Å². The van der Waals surface area contributed by atoms with E-state index < -0.39 is 12.7 Å². The summed E-state index contributed by atoms with van der Waals surface area (Å²) >= 11 is 0. The number of nitrogens with one attached hydrogen (secondary N) is 1. The van der Waals surface area contributed by atoms with Crippen molar-refractivity contribution in [2.24, 2.45) is 0 Å². The minimum atomic E-state index is -4.21. The minimum Gasteiger partial charge on any atom is -0.352 e. The van der Waals surface area contributed by atoms with Gasteiger partial charge in [-0.1, -0.05) is 18.2 Å². The summed E-state index contributed by atoms with van der Waals surface area (Å²) in [5.41, 5.74) is 3.08. The van der Waals surface area contributed by atoms with E-state index in [1.165, 1.54) is 11.9 Å². The average molecular weight is 404 g/mol. The quantitative estimate of drug-likeness (QED) is 0.607. The molecule has 5 nitrogen and oxygen atoms in total. The normalized spacial score (nSPS) is 11.9. The van der Waals surface area contributed by atoms with Crippen molar-refractivity contribution in [3.05, 3.63) is 59.9 Å². The summed E-state index contributed by atoms with van der Waals surface area (Å²) in [6.07, 6.45) is -3.78. The molecule has 0 saturated heterocycles. The summed E-state index contributed by atoms with van der Waals surface area (Å²) in [5.74, 6) is 0.550. The SMILES string of the molecule is Cc1nc2cc(C(=O)NCCCN(C)CC(F)(F)F)ccc2n1-c1ccccc1. The number of hydrogen-bond acceptors (Lipinski definition) is 3. The topological polar surface area (TPSA) is 50.2 Å². The summed E-state index contributed by atoms with van der Waals surface area (Å²) in [5, 5.41) is 2.75. The van der Waals surface area contributed by atoms with Crippen molar-refractivity contribution < 1.29 is 18.0 Å². The minimum absolute atomic E-state index is 0.250. The van der Waals surface area contributed by atoms with E-state index in [2.05, 4.69) is 10.3 Å². The van der Waals surface area contributed by atoms with Crippen molar-refractivity contribution in [2.45, 2.75) is 19.5 Å². The van der Waals surface area contributed by atoms with Crippen molar-refractivity contribution >= 4 is 16.9 Å². The second-order valence-corrected chi connectivity index (χ2v) is 7.00. The van der Waals surface area contributed by atoms with Crippen LogP contribution in [0.1, 0.15) is 22.6 Å². The van der Waals surface area contributed by atoms with E-state index in [-0.39, 0.29) is 12.5 Å². The molecule has 0 spiro atoms. The van der Waals surface area contributed by atoms with Crippen LogP contribution < -0.4 is 5.32 Å². The fourth-order valence-electron chi connectivity index (χ4n) is 3.28. The number of imidazole rings is 1. The number of alkyl halides is 3. The Morgan fingerprint density at radius 3 is 2.59 bits per heavy atom. The van der Waals surface area contributed by atoms with Crippen LogP contribution >= 0.6 is 0 Å². The van der Waals surface area contributed by atoms with E-state index in [1.807, 2.05) is 47.9 Å². The predicted octanol–water partition coefficient (Wildman–Crippen LogP) is 3.95. The zero-order valence-corrected chi connectivity index (χ0v) is 16.3. The molecule has 0 atom stereocenters. The summed E-state index contributed by atoms with van der Waals surface area (Å²) in [4.78, 5) is 18.1. The first kappa shape index (κ1) is 20.9. The number of aryl methyl sites for hydroxylation is 1. The van der Waals surface area contributed by atoms with E-state index in [4.69, 9.17) is 0 Å². The molecule has 0 saturated carbocycles. The Morgan fingerprint density at radius 2 is 1.90 bits per heavy atom. The molecule has 0 fully saturated rings. The highest BCUT2D eigenvalue weighted by Gasteiger charge is 2.28. The number of rotatable bonds is 7. The highest BCUT2D eigenvalue weighted by molar-refractivity contribution is 5.97. The van der Waals surface area contributed by atoms with Crippen LogP contribution in [0.3, 0.4) is 0 Å². The first-order valence-electron chi connectivity index (χ1n) is 9.32. The zero-order chi connectivity index (χ0) is 21.0. The van der Waals surface area contributed by atoms with Gasteiger partial charge in [-0.25, -0.2) is 4.98 Å². The van der Waals surface area contributed by atoms with Crippen LogP contribution in [0.15, 0.2) is 48.5 Å². The van der Waals surface area contributed by atoms with E-state index in [0.717, 1.165) is 17.0 Å². The van der Waals surface area contributed by atoms with Crippen LogP contribution in [0, 0.1) is 6.92 Å². The van der Waals surface area contributed by atoms with Crippen molar-refractivity contribution in [3.8, 4) is 5.69 Å². The maximum Gasteiger partial charge on any atom is 0.401 e. The Hall–Kier alpha value is -2.87. The van der Waals surface area contributed by atoms with Gasteiger partial charge in [0.15, 0.2) is 0 Å². The van der Waals surface area contributed by atoms with Crippen molar-refractivity contribution in [1.29, 1.82) is 0 Å². The molecule has 1 aromatic heterocycles. The number of nitrogens with zero attached hydrogens (tertiary/aromatic N) is 3. The molecule has 29 heavy (non-hydrogen) atoms. The molecule has 0 aliphatic carbocycles. The fourth-order valence-corrected chi connectivity index (χ4v) is 3.28. The summed E-state index contributed by atoms with van der Waals surface area (Å²) in [6.45, 7) is 1.50. The summed E-state index contributed by atoms with van der Waals surface area (Å²) < 4.78 is 39.0. The van der Waals surface area contributed by atoms with E-state index in [1.54, 1.807) is 12.1 Å². The number of carbonyl (C=O) groups is 1. The van der Waals surface area contributed by atoms with Gasteiger partial charge in [0, 0.05) is 17.8 Å². The molecule has 1 amide bonds. The van der Waals surface area contributed by atoms with Gasteiger partial charge in [-0.05, 0) is 57.3 Å². The molecule has 8 heteroatoms. The van der Waals surface area contributed by atoms with E-state index >= 15 is 0 Å². The number of hydrogen-bond donors (Lipinski definition) is 1. The average Bonchev–Trinajstić information content (AvgIpc) is 2.99. The maximum absolute atomic E-state index is 12.4. The number of fused-ring (bicyclic) bond motifs is 1. The summed E-state index contributed by atoms with van der Waals surface area (Å²) in [6, 6.07) is 15.1. The molecule has 1 heterocycles. The first-order chi connectivity index (χ1) is 13.7. The molecule has 2 aromatic carbocycles. The van der Waals surface area contributed by atoms with Crippen LogP contribution in [0.5, 0.6) is 0 Å². The second-order valence-electron chi connectivity index (χ2n) is 7.00. The van der Waals surface area contributed by atoms with E-state index in [9.17, 15) is 18.0 Å². The molecular formula is C21H23F3N4O. The van der Waals surface area contributed by atoms with Gasteiger partial charge < -0.3 is 5.32 Å². The fraction of sp³-hybridized carbons (Fsp3) is 0.333. The number of aromatic nitrogens is 2. The number of para-hydroxylation sites is 1. The van der Waals surface area contributed by atoms with Crippen molar-refractivity contribution in [3.63, 3.8) is 0 Å². The molecule has 1 N–H and O–H groups in total. The molecule has 0 aliphatic rings. The van der Waals surface area contributed by atoms with E-state index in [0.29, 0.717) is 24.0 Å². The lowest BCUT2D eigenvalue weighted by molar-refractivity contribution is -0.143. The molecule has 154 valence electrons. The third kappa shape index (κ3) is 5.35. The van der Waals surface area contributed by atoms with Gasteiger partial charge in [-0.3, -0.25) is 14.3 Å². The Morgan fingerprint density at radius 1 is 1.17 bits per heavy atom. The highest BCUT2D eigenvalue weighted by atomic mass is 19.4. The van der Waals surface area contributed by atoms with Gasteiger partial charge >= 0.3 is 6.18 Å². The molecule has 0 aliphatic heterocycles. The number of carbonyl (C=O) groups excluding carboxylic acids is 1. The van der Waals surface area contributed by atoms with Crippen LogP contribution in [0.4, 0.5) is 13.2 Å². The van der Waals surface area contributed by atoms with Crippen LogP contribution in [-0.4, -0.2) is 53.2 Å². The smallest absolute Gasteiger partial charge is 0.352 e. The highest BCUT2D eigenvalue weighted by Crippen LogP contribution is 2.22. The largest absolute Gasteiger partial charge is 0.401 e. The third-order valence-corrected chi connectivity index (χ3v) is 4.55. The summed E-state index contributed by atoms with van der Waals surface area (Å²) in [7, 11) is 1.41. The van der Waals surface area contributed by atoms with Gasteiger partial charge in [-0.15, -0.1) is 0 Å². The molecule has 3 aromatic rings. The van der Waals surface area contributed by atoms with Gasteiger partial charge in [0.05, 0.1) is 17.6 Å². The monoisotopic (exact) mass is 404 g/mol. The van der Waals surface area contributed by atoms with Crippen LogP contribution in [-0.2, 0) is 0 Å². The maximum atomic E-state index is 12.4.